The highest BCUT2D eigenvalue weighted by Gasteiger charge is 2.21. The van der Waals surface area contributed by atoms with Gasteiger partial charge in [0.2, 0.25) is 5.91 Å². The quantitative estimate of drug-likeness (QED) is 0.800. The number of carbonyl (C=O) groups excluding carboxylic acids is 2. The van der Waals surface area contributed by atoms with E-state index in [2.05, 4.69) is 16.0 Å². The molecule has 1 saturated heterocycles. The predicted molar refractivity (Wildman–Crippen MR) is 90.0 cm³/mol. The Balaban J connectivity index is 1.56. The molecule has 23 heavy (non-hydrogen) atoms. The Morgan fingerprint density at radius 2 is 1.87 bits per heavy atom. The maximum atomic E-state index is 12.1. The first-order chi connectivity index (χ1) is 11.2. The van der Waals surface area contributed by atoms with Crippen LogP contribution >= 0.6 is 11.3 Å². The molecule has 1 fully saturated rings. The van der Waals surface area contributed by atoms with Crippen molar-refractivity contribution in [2.24, 2.45) is 0 Å². The number of nitrogens with one attached hydrogen (secondary N) is 3. The third kappa shape index (κ3) is 4.16. The minimum atomic E-state index is -0.332. The molecule has 2 aromatic rings. The molecule has 1 atom stereocenters. The van der Waals surface area contributed by atoms with Crippen LogP contribution in [0.2, 0.25) is 0 Å². The van der Waals surface area contributed by atoms with Crippen LogP contribution in [0.4, 0.5) is 11.4 Å². The highest BCUT2D eigenvalue weighted by Crippen LogP contribution is 2.16. The lowest BCUT2D eigenvalue weighted by atomic mass is 10.2. The lowest BCUT2D eigenvalue weighted by molar-refractivity contribution is -0.120. The molecule has 2 amide bonds. The summed E-state index contributed by atoms with van der Waals surface area (Å²) in [5.41, 5.74) is 1.36. The van der Waals surface area contributed by atoms with Crippen molar-refractivity contribution in [1.82, 2.24) is 5.32 Å². The van der Waals surface area contributed by atoms with Crippen LogP contribution in [0.1, 0.15) is 9.67 Å². The van der Waals surface area contributed by atoms with Crippen LogP contribution < -0.4 is 16.0 Å². The Hall–Kier alpha value is -2.22. The number of hydrogen-bond donors (Lipinski definition) is 3. The largest absolute Gasteiger partial charge is 0.378 e. The van der Waals surface area contributed by atoms with Gasteiger partial charge in [0.25, 0.3) is 5.91 Å². The first-order valence-corrected chi connectivity index (χ1v) is 8.17. The zero-order chi connectivity index (χ0) is 16.1. The van der Waals surface area contributed by atoms with Gasteiger partial charge in [-0.3, -0.25) is 9.59 Å². The molecule has 1 aliphatic heterocycles. The van der Waals surface area contributed by atoms with Crippen LogP contribution in [0.5, 0.6) is 0 Å². The number of morpholine rings is 1. The van der Waals surface area contributed by atoms with Crippen molar-refractivity contribution in [3.05, 3.63) is 46.7 Å². The number of anilines is 2. The molecular formula is C16H17N3O3S. The molecule has 0 bridgehead atoms. The Labute approximate surface area is 137 Å². The second-order valence-electron chi connectivity index (χ2n) is 5.08. The van der Waals surface area contributed by atoms with Crippen molar-refractivity contribution in [3.63, 3.8) is 0 Å². The maximum absolute atomic E-state index is 12.1. The summed E-state index contributed by atoms with van der Waals surface area (Å²) in [4.78, 5) is 24.7. The summed E-state index contributed by atoms with van der Waals surface area (Å²) in [7, 11) is 0. The Bertz CT molecular complexity index is 664. The van der Waals surface area contributed by atoms with Crippen molar-refractivity contribution in [3.8, 4) is 0 Å². The fourth-order valence-corrected chi connectivity index (χ4v) is 2.82. The minimum absolute atomic E-state index is 0.125. The molecule has 7 heteroatoms. The van der Waals surface area contributed by atoms with Crippen LogP contribution in [0.25, 0.3) is 0 Å². The standard InChI is InChI=1S/C16H17N3O3S/c20-15(13-10-22-8-7-17-13)18-11-3-5-12(6-4-11)19-16(21)14-2-1-9-23-14/h1-6,9,13,17H,7-8,10H2,(H,18,20)(H,19,21). The van der Waals surface area contributed by atoms with Gasteiger partial charge in [0.15, 0.2) is 0 Å². The van der Waals surface area contributed by atoms with Gasteiger partial charge in [-0.05, 0) is 35.7 Å². The van der Waals surface area contributed by atoms with Crippen molar-refractivity contribution in [1.29, 1.82) is 0 Å². The van der Waals surface area contributed by atoms with Crippen molar-refractivity contribution in [2.75, 3.05) is 30.4 Å². The van der Waals surface area contributed by atoms with E-state index in [1.165, 1.54) is 11.3 Å². The molecule has 6 nitrogen and oxygen atoms in total. The molecule has 120 valence electrons. The smallest absolute Gasteiger partial charge is 0.265 e. The van der Waals surface area contributed by atoms with E-state index in [0.717, 1.165) is 0 Å². The average Bonchev–Trinajstić information content (AvgIpc) is 3.12. The van der Waals surface area contributed by atoms with Crippen molar-refractivity contribution < 1.29 is 14.3 Å². The molecular weight excluding hydrogens is 314 g/mol. The third-order valence-corrected chi connectivity index (χ3v) is 4.26. The first kappa shape index (κ1) is 15.7. The van der Waals surface area contributed by atoms with E-state index in [0.29, 0.717) is 36.0 Å². The second kappa shape index (κ2) is 7.36. The molecule has 1 unspecified atom stereocenters. The van der Waals surface area contributed by atoms with Gasteiger partial charge in [-0.15, -0.1) is 11.3 Å². The van der Waals surface area contributed by atoms with Crippen LogP contribution in [0.15, 0.2) is 41.8 Å². The number of ether oxygens (including phenoxy) is 1. The average molecular weight is 331 g/mol. The van der Waals surface area contributed by atoms with Gasteiger partial charge in [-0.1, -0.05) is 6.07 Å². The SMILES string of the molecule is O=C(Nc1ccc(NC(=O)C2COCCN2)cc1)c1cccs1. The topological polar surface area (TPSA) is 79.5 Å². The predicted octanol–water partition coefficient (Wildman–Crippen LogP) is 1.93. The van der Waals surface area contributed by atoms with Crippen LogP contribution in [0.3, 0.4) is 0 Å². The van der Waals surface area contributed by atoms with E-state index in [4.69, 9.17) is 4.74 Å². The third-order valence-electron chi connectivity index (χ3n) is 3.39. The summed E-state index contributed by atoms with van der Waals surface area (Å²) in [6.45, 7) is 1.68. The van der Waals surface area contributed by atoms with E-state index in [-0.39, 0.29) is 17.9 Å². The van der Waals surface area contributed by atoms with Crippen molar-refractivity contribution in [2.45, 2.75) is 6.04 Å². The summed E-state index contributed by atoms with van der Waals surface area (Å²) in [5, 5.41) is 10.6. The van der Waals surface area contributed by atoms with E-state index in [1.54, 1.807) is 30.3 Å². The zero-order valence-electron chi connectivity index (χ0n) is 12.4. The minimum Gasteiger partial charge on any atom is -0.378 e. The van der Waals surface area contributed by atoms with Crippen LogP contribution in [-0.2, 0) is 9.53 Å². The monoisotopic (exact) mass is 331 g/mol. The number of carbonyl (C=O) groups is 2. The highest BCUT2D eigenvalue weighted by atomic mass is 32.1. The summed E-state index contributed by atoms with van der Waals surface area (Å²) >= 11 is 1.39. The number of benzene rings is 1. The van der Waals surface area contributed by atoms with E-state index < -0.39 is 0 Å². The Morgan fingerprint density at radius 3 is 2.48 bits per heavy atom. The molecule has 0 saturated carbocycles. The fraction of sp³-hybridized carbons (Fsp3) is 0.250. The molecule has 0 aliphatic carbocycles. The van der Waals surface area contributed by atoms with Gasteiger partial charge < -0.3 is 20.7 Å². The molecule has 3 rings (SSSR count). The molecule has 0 spiro atoms. The number of amides is 2. The Morgan fingerprint density at radius 1 is 1.13 bits per heavy atom. The number of rotatable bonds is 4. The summed E-state index contributed by atoms with van der Waals surface area (Å²) < 4.78 is 5.27. The molecule has 1 aliphatic rings. The summed E-state index contributed by atoms with van der Waals surface area (Å²) in [6.07, 6.45) is 0. The zero-order valence-corrected chi connectivity index (χ0v) is 13.2. The lowest BCUT2D eigenvalue weighted by Gasteiger charge is -2.22. The van der Waals surface area contributed by atoms with E-state index >= 15 is 0 Å². The number of thiophene rings is 1. The Kier molecular flexibility index (Phi) is 5.02. The first-order valence-electron chi connectivity index (χ1n) is 7.29. The lowest BCUT2D eigenvalue weighted by Crippen LogP contribution is -2.48. The summed E-state index contributed by atoms with van der Waals surface area (Å²) in [6, 6.07) is 10.3. The van der Waals surface area contributed by atoms with Gasteiger partial charge in [0.1, 0.15) is 6.04 Å². The molecule has 2 heterocycles. The van der Waals surface area contributed by atoms with Gasteiger partial charge in [-0.2, -0.15) is 0 Å². The number of hydrogen-bond acceptors (Lipinski definition) is 5. The second-order valence-corrected chi connectivity index (χ2v) is 6.03. The molecule has 3 N–H and O–H groups in total. The molecule has 1 aromatic heterocycles. The van der Waals surface area contributed by atoms with Gasteiger partial charge >= 0.3 is 0 Å². The fourth-order valence-electron chi connectivity index (χ4n) is 2.20. The molecule has 0 radical (unpaired) electrons. The van der Waals surface area contributed by atoms with E-state index in [1.807, 2.05) is 11.4 Å². The van der Waals surface area contributed by atoms with Gasteiger partial charge in [0.05, 0.1) is 18.1 Å². The maximum Gasteiger partial charge on any atom is 0.265 e. The van der Waals surface area contributed by atoms with E-state index in [9.17, 15) is 9.59 Å². The van der Waals surface area contributed by atoms with Gasteiger partial charge in [0, 0.05) is 17.9 Å². The highest BCUT2D eigenvalue weighted by molar-refractivity contribution is 7.12. The molecule has 1 aromatic carbocycles. The van der Waals surface area contributed by atoms with Crippen LogP contribution in [-0.4, -0.2) is 37.6 Å². The van der Waals surface area contributed by atoms with Crippen LogP contribution in [0, 0.1) is 0 Å². The van der Waals surface area contributed by atoms with Gasteiger partial charge in [-0.25, -0.2) is 0 Å². The summed E-state index contributed by atoms with van der Waals surface area (Å²) in [5.74, 6) is -0.264. The van der Waals surface area contributed by atoms with Crippen molar-refractivity contribution >= 4 is 34.5 Å². The normalized spacial score (nSPS) is 17.5.